The second kappa shape index (κ2) is 10.0. The summed E-state index contributed by atoms with van der Waals surface area (Å²) in [5, 5.41) is 3.64. The molecule has 5 aromatic rings. The zero-order chi connectivity index (χ0) is 28.8. The molecule has 1 fully saturated rings. The van der Waals surface area contributed by atoms with E-state index in [4.69, 9.17) is 19.3 Å². The predicted octanol–water partition coefficient (Wildman–Crippen LogP) is 5.61. The van der Waals surface area contributed by atoms with Crippen molar-refractivity contribution in [1.29, 1.82) is 0 Å². The van der Waals surface area contributed by atoms with Gasteiger partial charge in [-0.1, -0.05) is 24.3 Å². The average Bonchev–Trinajstić information content (AvgIpc) is 3.28. The number of ether oxygens (including phenoxy) is 2. The Labute approximate surface area is 234 Å². The number of methoxy groups -OCH3 is 1. The van der Waals surface area contributed by atoms with Crippen LogP contribution in [0.2, 0.25) is 0 Å². The number of hydrogen-bond donors (Lipinski definition) is 0. The molecule has 2 amide bonds. The van der Waals surface area contributed by atoms with Crippen molar-refractivity contribution in [2.45, 2.75) is 26.7 Å². The zero-order valence-electron chi connectivity index (χ0n) is 22.5. The highest BCUT2D eigenvalue weighted by Gasteiger charge is 2.33. The number of carbonyl (C=O) groups excluding carboxylic acids is 4. The molecule has 1 aliphatic rings. The van der Waals surface area contributed by atoms with Gasteiger partial charge in [0.2, 0.25) is 0 Å². The quantitative estimate of drug-likeness (QED) is 0.121. The molecule has 0 radical (unpaired) electrons. The van der Waals surface area contributed by atoms with Crippen LogP contribution in [0.15, 0.2) is 66.7 Å². The van der Waals surface area contributed by atoms with Gasteiger partial charge in [-0.25, -0.2) is 14.6 Å². The van der Waals surface area contributed by atoms with Crippen molar-refractivity contribution < 1.29 is 33.5 Å². The number of carbonyl (C=O) groups is 4. The summed E-state index contributed by atoms with van der Waals surface area (Å²) in [6, 6.07) is 20.0. The number of fused-ring (bicyclic) bond motifs is 3. The molecule has 1 aromatic heterocycles. The normalized spacial score (nSPS) is 13.3. The van der Waals surface area contributed by atoms with Gasteiger partial charge < -0.3 is 14.3 Å². The Balaban J connectivity index is 1.41. The summed E-state index contributed by atoms with van der Waals surface area (Å²) >= 11 is 0. The van der Waals surface area contributed by atoms with Crippen LogP contribution in [0.1, 0.15) is 44.7 Å². The Morgan fingerprint density at radius 2 is 1.41 bits per heavy atom. The minimum Gasteiger partial charge on any atom is -0.497 e. The molecule has 1 aliphatic heterocycles. The third kappa shape index (κ3) is 4.61. The highest BCUT2D eigenvalue weighted by molar-refractivity contribution is 6.17. The van der Waals surface area contributed by atoms with E-state index in [9.17, 15) is 19.2 Å². The lowest BCUT2D eigenvalue weighted by Crippen LogP contribution is -2.32. The van der Waals surface area contributed by atoms with Crippen LogP contribution in [0, 0.1) is 13.8 Å². The number of nitrogens with zero attached hydrogens (tertiary/aromatic N) is 2. The highest BCUT2D eigenvalue weighted by Crippen LogP contribution is 2.34. The first-order chi connectivity index (χ1) is 19.7. The van der Waals surface area contributed by atoms with Crippen molar-refractivity contribution in [3.63, 3.8) is 0 Å². The lowest BCUT2D eigenvalue weighted by atomic mass is 9.99. The van der Waals surface area contributed by atoms with Crippen LogP contribution in [0.3, 0.4) is 0 Å². The van der Waals surface area contributed by atoms with Crippen LogP contribution in [0.5, 0.6) is 11.5 Å². The SMILES string of the molecule is COc1ccc2nc3cc4ccccc4cc3c(C(=O)Oc3c(C)cc(C(=O)ON4C(=O)CCC4=O)cc3C)c2c1. The number of pyridine rings is 1. The molecular formula is C32H24N2O7. The molecule has 6 rings (SSSR count). The van der Waals surface area contributed by atoms with Gasteiger partial charge in [-0.2, -0.15) is 0 Å². The molecule has 0 N–H and O–H groups in total. The van der Waals surface area contributed by atoms with E-state index in [1.54, 1.807) is 39.2 Å². The minimum atomic E-state index is -0.859. The maximum atomic E-state index is 13.9. The molecule has 0 aliphatic carbocycles. The smallest absolute Gasteiger partial charge is 0.363 e. The third-order valence-corrected chi connectivity index (χ3v) is 7.12. The van der Waals surface area contributed by atoms with Gasteiger partial charge >= 0.3 is 11.9 Å². The fourth-order valence-corrected chi connectivity index (χ4v) is 5.12. The van der Waals surface area contributed by atoms with Crippen molar-refractivity contribution in [1.82, 2.24) is 10.0 Å². The van der Waals surface area contributed by atoms with E-state index >= 15 is 0 Å². The molecule has 4 aromatic carbocycles. The fourth-order valence-electron chi connectivity index (χ4n) is 5.12. The van der Waals surface area contributed by atoms with E-state index in [1.807, 2.05) is 36.4 Å². The van der Waals surface area contributed by atoms with E-state index in [0.717, 1.165) is 10.8 Å². The Hall–Kier alpha value is -5.31. The van der Waals surface area contributed by atoms with E-state index in [0.29, 0.717) is 49.3 Å². The van der Waals surface area contributed by atoms with Crippen LogP contribution >= 0.6 is 0 Å². The standard InChI is InChI=1S/C32H24N2O7/c1-17-12-21(31(37)41-34-27(35)10-11-28(34)36)13-18(2)30(17)40-32(38)29-23-14-19-6-4-5-7-20(19)15-26(23)33-25-9-8-22(39-3)16-24(25)29/h4-9,12-16H,10-11H2,1-3H3. The number of hydroxylamine groups is 2. The first-order valence-corrected chi connectivity index (χ1v) is 13.0. The van der Waals surface area contributed by atoms with Gasteiger partial charge in [-0.05, 0) is 78.2 Å². The number of aryl methyl sites for hydroxylation is 2. The van der Waals surface area contributed by atoms with Crippen molar-refractivity contribution >= 4 is 56.3 Å². The molecule has 41 heavy (non-hydrogen) atoms. The lowest BCUT2D eigenvalue weighted by molar-refractivity contribution is -0.172. The summed E-state index contributed by atoms with van der Waals surface area (Å²) in [4.78, 5) is 60.2. The highest BCUT2D eigenvalue weighted by atomic mass is 16.7. The van der Waals surface area contributed by atoms with Gasteiger partial charge in [-0.3, -0.25) is 9.59 Å². The number of hydrogen-bond acceptors (Lipinski definition) is 8. The summed E-state index contributed by atoms with van der Waals surface area (Å²) in [5.74, 6) is -1.74. The van der Waals surface area contributed by atoms with E-state index < -0.39 is 23.8 Å². The third-order valence-electron chi connectivity index (χ3n) is 7.12. The zero-order valence-corrected chi connectivity index (χ0v) is 22.5. The summed E-state index contributed by atoms with van der Waals surface area (Å²) in [5.41, 5.74) is 2.69. The number of amides is 2. The summed E-state index contributed by atoms with van der Waals surface area (Å²) in [6.45, 7) is 3.38. The number of rotatable bonds is 5. The van der Waals surface area contributed by atoms with E-state index in [2.05, 4.69) is 0 Å². The maximum absolute atomic E-state index is 13.9. The average molecular weight is 549 g/mol. The van der Waals surface area contributed by atoms with Crippen molar-refractivity contribution in [2.24, 2.45) is 0 Å². The molecule has 0 spiro atoms. The Kier molecular flexibility index (Phi) is 6.34. The number of esters is 1. The van der Waals surface area contributed by atoms with Crippen LogP contribution in [0.4, 0.5) is 0 Å². The fraction of sp³-hybridized carbons (Fsp3) is 0.156. The Bertz CT molecular complexity index is 1910. The van der Waals surface area contributed by atoms with Gasteiger partial charge in [0.15, 0.2) is 0 Å². The van der Waals surface area contributed by atoms with Crippen LogP contribution < -0.4 is 9.47 Å². The van der Waals surface area contributed by atoms with Gasteiger partial charge in [0.1, 0.15) is 11.5 Å². The van der Waals surface area contributed by atoms with E-state index in [-0.39, 0.29) is 24.2 Å². The first kappa shape index (κ1) is 25.9. The van der Waals surface area contributed by atoms with Crippen LogP contribution in [0.25, 0.3) is 32.6 Å². The predicted molar refractivity (Wildman–Crippen MR) is 151 cm³/mol. The van der Waals surface area contributed by atoms with Crippen LogP contribution in [-0.4, -0.2) is 40.9 Å². The summed E-state index contributed by atoms with van der Waals surface area (Å²) in [7, 11) is 1.55. The number of imide groups is 1. The van der Waals surface area contributed by atoms with Crippen LogP contribution in [-0.2, 0) is 14.4 Å². The lowest BCUT2D eigenvalue weighted by Gasteiger charge is -2.16. The molecule has 204 valence electrons. The number of aromatic nitrogens is 1. The summed E-state index contributed by atoms with van der Waals surface area (Å²) < 4.78 is 11.4. The molecule has 0 bridgehead atoms. The number of benzene rings is 4. The molecule has 9 nitrogen and oxygen atoms in total. The maximum Gasteiger partial charge on any atom is 0.363 e. The minimum absolute atomic E-state index is 0.000896. The second-order valence-corrected chi connectivity index (χ2v) is 9.88. The molecule has 9 heteroatoms. The topological polar surface area (TPSA) is 112 Å². The first-order valence-electron chi connectivity index (χ1n) is 13.0. The monoisotopic (exact) mass is 548 g/mol. The van der Waals surface area contributed by atoms with Gasteiger partial charge in [0.25, 0.3) is 11.8 Å². The molecule has 1 saturated heterocycles. The molecule has 0 atom stereocenters. The van der Waals surface area contributed by atoms with Crippen molar-refractivity contribution in [2.75, 3.05) is 7.11 Å². The Morgan fingerprint density at radius 1 is 0.780 bits per heavy atom. The molecular weight excluding hydrogens is 524 g/mol. The van der Waals surface area contributed by atoms with Gasteiger partial charge in [0, 0.05) is 23.6 Å². The van der Waals surface area contributed by atoms with Gasteiger partial charge in [-0.15, -0.1) is 5.06 Å². The Morgan fingerprint density at radius 3 is 2.07 bits per heavy atom. The molecule has 0 unspecified atom stereocenters. The molecule has 2 heterocycles. The second-order valence-electron chi connectivity index (χ2n) is 9.88. The van der Waals surface area contributed by atoms with Crippen molar-refractivity contribution in [3.05, 3.63) is 89.0 Å². The molecule has 0 saturated carbocycles. The van der Waals surface area contributed by atoms with E-state index in [1.165, 1.54) is 12.1 Å². The summed E-state index contributed by atoms with van der Waals surface area (Å²) in [6.07, 6.45) is -0.00179. The van der Waals surface area contributed by atoms with Crippen molar-refractivity contribution in [3.8, 4) is 11.5 Å². The largest absolute Gasteiger partial charge is 0.497 e. The van der Waals surface area contributed by atoms with Gasteiger partial charge in [0.05, 0.1) is 29.3 Å².